The van der Waals surface area contributed by atoms with Crippen molar-refractivity contribution >= 4 is 21.4 Å². The molecule has 3 aliphatic rings. The molecule has 4 rings (SSSR count). The molecule has 3 fully saturated rings. The number of nitriles is 1. The lowest BCUT2D eigenvalue weighted by atomic mass is 9.83. The number of rotatable bonds is 4. The third-order valence-corrected chi connectivity index (χ3v) is 9.51. The Morgan fingerprint density at radius 2 is 1.78 bits per heavy atom. The van der Waals surface area contributed by atoms with Gasteiger partial charge < -0.3 is 10.6 Å². The Morgan fingerprint density at radius 1 is 1.09 bits per heavy atom. The number of carbonyl (C=O) groups excluding carboxylic acids is 1. The van der Waals surface area contributed by atoms with Crippen LogP contribution in [0.2, 0.25) is 0 Å². The summed E-state index contributed by atoms with van der Waals surface area (Å²) in [5.41, 5.74) is 4.25. The zero-order chi connectivity index (χ0) is 23.1. The van der Waals surface area contributed by atoms with Crippen molar-refractivity contribution in [3.8, 4) is 6.07 Å². The van der Waals surface area contributed by atoms with Crippen molar-refractivity contribution in [1.82, 2.24) is 15.8 Å². The first-order valence-corrected chi connectivity index (χ1v) is 12.9. The molecule has 1 aromatic rings. The zero-order valence-corrected chi connectivity index (χ0v) is 19.8. The van der Waals surface area contributed by atoms with Crippen molar-refractivity contribution in [1.29, 1.82) is 5.26 Å². The number of hydrogen-bond donors (Lipinski definition) is 3. The van der Waals surface area contributed by atoms with Crippen LogP contribution in [0.3, 0.4) is 0 Å². The summed E-state index contributed by atoms with van der Waals surface area (Å²) >= 11 is 0. The van der Waals surface area contributed by atoms with Crippen molar-refractivity contribution in [3.63, 3.8) is 0 Å². The average Bonchev–Trinajstić information content (AvgIpc) is 3.12. The first-order chi connectivity index (χ1) is 15.1. The van der Waals surface area contributed by atoms with E-state index in [4.69, 9.17) is 0 Å². The van der Waals surface area contributed by atoms with Crippen molar-refractivity contribution in [3.05, 3.63) is 24.3 Å². The second-order valence-electron chi connectivity index (χ2n) is 10.1. The molecular weight excluding hydrogens is 426 g/mol. The normalized spacial score (nSPS) is 31.4. The highest BCUT2D eigenvalue weighted by Gasteiger charge is 2.51. The lowest BCUT2D eigenvalue weighted by Gasteiger charge is -2.39. The molecule has 9 heteroatoms. The topological polar surface area (TPSA) is 114 Å². The molecule has 1 aliphatic carbocycles. The number of amides is 1. The van der Waals surface area contributed by atoms with Gasteiger partial charge in [-0.05, 0) is 64.3 Å². The maximum Gasteiger partial charge on any atom is 0.228 e. The fourth-order valence-corrected chi connectivity index (χ4v) is 6.36. The highest BCUT2D eigenvalue weighted by molar-refractivity contribution is 7.92. The van der Waals surface area contributed by atoms with Gasteiger partial charge in [-0.25, -0.2) is 18.9 Å². The van der Waals surface area contributed by atoms with Gasteiger partial charge in [-0.2, -0.15) is 5.26 Å². The van der Waals surface area contributed by atoms with E-state index in [2.05, 4.69) is 27.1 Å². The van der Waals surface area contributed by atoms with Gasteiger partial charge in [-0.3, -0.25) is 4.79 Å². The second-order valence-corrected chi connectivity index (χ2v) is 12.8. The molecule has 2 saturated heterocycles. The van der Waals surface area contributed by atoms with Gasteiger partial charge in [0.15, 0.2) is 9.84 Å². The minimum Gasteiger partial charge on any atom is -0.368 e. The predicted molar refractivity (Wildman–Crippen MR) is 122 cm³/mol. The number of nitrogens with one attached hydrogen (secondary N) is 3. The van der Waals surface area contributed by atoms with Crippen LogP contribution < -0.4 is 16.1 Å². The molecule has 5 atom stereocenters. The van der Waals surface area contributed by atoms with E-state index in [-0.39, 0.29) is 40.9 Å². The van der Waals surface area contributed by atoms with E-state index in [1.807, 2.05) is 0 Å². The van der Waals surface area contributed by atoms with Crippen LogP contribution in [0.5, 0.6) is 0 Å². The third kappa shape index (κ3) is 4.12. The molecule has 1 aromatic carbocycles. The first kappa shape index (κ1) is 23.0. The van der Waals surface area contributed by atoms with Crippen LogP contribution in [0.1, 0.15) is 52.9 Å². The van der Waals surface area contributed by atoms with E-state index in [0.717, 1.165) is 37.8 Å². The molecular formula is C23H33N5O3S. The Morgan fingerprint density at radius 3 is 2.44 bits per heavy atom. The van der Waals surface area contributed by atoms with Gasteiger partial charge in [0.05, 0.1) is 27.5 Å². The summed E-state index contributed by atoms with van der Waals surface area (Å²) in [7, 11) is -3.43. The van der Waals surface area contributed by atoms with E-state index in [1.54, 1.807) is 45.0 Å². The molecule has 1 amide bonds. The third-order valence-electron chi connectivity index (χ3n) is 7.01. The summed E-state index contributed by atoms with van der Waals surface area (Å²) in [6, 6.07) is 9.32. The second kappa shape index (κ2) is 8.65. The lowest BCUT2D eigenvalue weighted by Crippen LogP contribution is -2.54. The van der Waals surface area contributed by atoms with Crippen molar-refractivity contribution in [2.45, 2.75) is 80.8 Å². The van der Waals surface area contributed by atoms with Gasteiger partial charge in [-0.1, -0.05) is 12.8 Å². The number of hydrazine groups is 1. The van der Waals surface area contributed by atoms with Gasteiger partial charge in [0.25, 0.3) is 0 Å². The number of sulfone groups is 1. The van der Waals surface area contributed by atoms with Crippen LogP contribution in [0, 0.1) is 23.2 Å². The monoisotopic (exact) mass is 459 g/mol. The quantitative estimate of drug-likeness (QED) is 0.633. The van der Waals surface area contributed by atoms with Crippen molar-refractivity contribution in [2.75, 3.05) is 11.9 Å². The summed E-state index contributed by atoms with van der Waals surface area (Å²) in [5, 5.41) is 18.2. The summed E-state index contributed by atoms with van der Waals surface area (Å²) in [5.74, 6) is -0.324. The molecule has 0 radical (unpaired) electrons. The van der Waals surface area contributed by atoms with E-state index >= 15 is 0 Å². The Bertz CT molecular complexity index is 996. The molecule has 0 bridgehead atoms. The molecule has 174 valence electrons. The summed E-state index contributed by atoms with van der Waals surface area (Å²) in [4.78, 5) is 13.1. The number of benzene rings is 1. The Labute approximate surface area is 190 Å². The molecule has 0 spiro atoms. The van der Waals surface area contributed by atoms with Gasteiger partial charge in [-0.15, -0.1) is 0 Å². The molecule has 8 nitrogen and oxygen atoms in total. The molecule has 1 saturated carbocycles. The maximum absolute atomic E-state index is 12.8. The number of anilines is 1. The number of fused-ring (bicyclic) bond motifs is 1. The maximum atomic E-state index is 12.8. The number of piperidine rings is 1. The SMILES string of the molecule is CC(C)(C)S(=O)(=O)c1ccc(NC2NN([C@H]3CCCC[C@@H]3C#N)C3CCNC(=O)C23)cc1. The number of carbonyl (C=O) groups is 1. The van der Waals surface area contributed by atoms with Crippen LogP contribution in [0.15, 0.2) is 29.2 Å². The molecule has 0 aromatic heterocycles. The minimum atomic E-state index is -3.43. The van der Waals surface area contributed by atoms with Crippen LogP contribution in [0.25, 0.3) is 0 Å². The molecule has 2 aliphatic heterocycles. The van der Waals surface area contributed by atoms with E-state index < -0.39 is 14.6 Å². The minimum absolute atomic E-state index is 0.00463. The van der Waals surface area contributed by atoms with Crippen LogP contribution in [-0.2, 0) is 14.6 Å². The highest BCUT2D eigenvalue weighted by atomic mass is 32.2. The summed E-state index contributed by atoms with van der Waals surface area (Å²) in [6.07, 6.45) is 4.51. The van der Waals surface area contributed by atoms with Gasteiger partial charge >= 0.3 is 0 Å². The molecule has 2 heterocycles. The summed E-state index contributed by atoms with van der Waals surface area (Å²) in [6.45, 7) is 5.70. The molecule has 3 N–H and O–H groups in total. The van der Waals surface area contributed by atoms with Crippen molar-refractivity contribution in [2.24, 2.45) is 11.8 Å². The lowest BCUT2D eigenvalue weighted by molar-refractivity contribution is -0.128. The number of nitrogens with zero attached hydrogens (tertiary/aromatic N) is 2. The van der Waals surface area contributed by atoms with Crippen LogP contribution in [0.4, 0.5) is 5.69 Å². The fourth-order valence-electron chi connectivity index (χ4n) is 5.16. The van der Waals surface area contributed by atoms with E-state index in [1.165, 1.54) is 0 Å². The fraction of sp³-hybridized carbons (Fsp3) is 0.652. The average molecular weight is 460 g/mol. The van der Waals surface area contributed by atoms with Crippen LogP contribution >= 0.6 is 0 Å². The van der Waals surface area contributed by atoms with Gasteiger partial charge in [0.2, 0.25) is 5.91 Å². The first-order valence-electron chi connectivity index (χ1n) is 11.5. The van der Waals surface area contributed by atoms with Crippen molar-refractivity contribution < 1.29 is 13.2 Å². The molecule has 32 heavy (non-hydrogen) atoms. The Balaban J connectivity index is 1.55. The zero-order valence-electron chi connectivity index (χ0n) is 19.0. The Hall–Kier alpha value is -2.15. The largest absolute Gasteiger partial charge is 0.368 e. The summed E-state index contributed by atoms with van der Waals surface area (Å²) < 4.78 is 24.5. The number of hydrogen-bond acceptors (Lipinski definition) is 7. The Kier molecular flexibility index (Phi) is 6.23. The smallest absolute Gasteiger partial charge is 0.228 e. The van der Waals surface area contributed by atoms with E-state index in [0.29, 0.717) is 6.54 Å². The highest BCUT2D eigenvalue weighted by Crippen LogP contribution is 2.36. The molecule has 3 unspecified atom stereocenters. The van der Waals surface area contributed by atoms with E-state index in [9.17, 15) is 18.5 Å². The predicted octanol–water partition coefficient (Wildman–Crippen LogP) is 2.40. The van der Waals surface area contributed by atoms with Crippen LogP contribution in [-0.4, -0.2) is 48.9 Å². The van der Waals surface area contributed by atoms with Gasteiger partial charge in [0, 0.05) is 24.3 Å². The van der Waals surface area contributed by atoms with Gasteiger partial charge in [0.1, 0.15) is 6.17 Å². The standard InChI is InChI=1S/C23H33N5O3S/c1-23(2,3)32(30,31)17-10-8-16(9-11-17)26-21-20-19(12-13-25-22(20)29)28(27-21)18-7-5-4-6-15(18)14-24/h8-11,15,18-21,26-27H,4-7,12-13H2,1-3H3,(H,25,29)/t15-,18+,19?,20?,21?/m1/s1.